The Bertz CT molecular complexity index is 658. The highest BCUT2D eigenvalue weighted by Crippen LogP contribution is 2.31. The second kappa shape index (κ2) is 6.71. The van der Waals surface area contributed by atoms with Gasteiger partial charge in [0.2, 0.25) is 5.91 Å². The average Bonchev–Trinajstić information content (AvgIpc) is 2.96. The summed E-state index contributed by atoms with van der Waals surface area (Å²) in [7, 11) is 0. The van der Waals surface area contributed by atoms with Gasteiger partial charge in [-0.2, -0.15) is 0 Å². The van der Waals surface area contributed by atoms with Crippen molar-refractivity contribution in [3.63, 3.8) is 0 Å². The molecule has 2 fully saturated rings. The Balaban J connectivity index is 1.78. The van der Waals surface area contributed by atoms with E-state index in [2.05, 4.69) is 0 Å². The lowest BCUT2D eigenvalue weighted by molar-refractivity contribution is -0.129. The standard InChI is InChI=1S/C17H18ClNO4/c18-12-8-7-11(10-13(12)19-9-3-6-16(19)21)17(22)23-15-5-2-1-4-14(15)20/h7-8,10,15H,1-6,9H2/t15-/m1/s1. The second-order valence-electron chi connectivity index (χ2n) is 5.92. The first-order valence-corrected chi connectivity index (χ1v) is 8.27. The van der Waals surface area contributed by atoms with E-state index < -0.39 is 12.1 Å². The van der Waals surface area contributed by atoms with Gasteiger partial charge < -0.3 is 9.64 Å². The summed E-state index contributed by atoms with van der Waals surface area (Å²) < 4.78 is 5.34. The summed E-state index contributed by atoms with van der Waals surface area (Å²) in [5.74, 6) is -0.566. The summed E-state index contributed by atoms with van der Waals surface area (Å²) in [6, 6.07) is 4.71. The number of ketones is 1. The highest BCUT2D eigenvalue weighted by atomic mass is 35.5. The molecule has 0 bridgehead atoms. The number of Topliss-reactive ketones (excluding diaryl/α,β-unsaturated/α-hetero) is 1. The van der Waals surface area contributed by atoms with Crippen LogP contribution in [0.1, 0.15) is 48.9 Å². The van der Waals surface area contributed by atoms with Crippen molar-refractivity contribution in [1.29, 1.82) is 0 Å². The molecule has 3 rings (SSSR count). The number of carbonyl (C=O) groups excluding carboxylic acids is 3. The molecule has 1 aliphatic carbocycles. The van der Waals surface area contributed by atoms with Gasteiger partial charge in [0.15, 0.2) is 11.9 Å². The van der Waals surface area contributed by atoms with Crippen LogP contribution in [0, 0.1) is 0 Å². The number of esters is 1. The minimum Gasteiger partial charge on any atom is -0.451 e. The number of ether oxygens (including phenoxy) is 1. The van der Waals surface area contributed by atoms with Gasteiger partial charge in [0.1, 0.15) is 0 Å². The lowest BCUT2D eigenvalue weighted by Crippen LogP contribution is -2.30. The average molecular weight is 336 g/mol. The summed E-state index contributed by atoms with van der Waals surface area (Å²) in [5, 5.41) is 0.422. The fourth-order valence-electron chi connectivity index (χ4n) is 3.02. The van der Waals surface area contributed by atoms with Crippen LogP contribution in [0.25, 0.3) is 0 Å². The Labute approximate surface area is 139 Å². The van der Waals surface area contributed by atoms with Crippen molar-refractivity contribution in [2.45, 2.75) is 44.6 Å². The maximum Gasteiger partial charge on any atom is 0.338 e. The van der Waals surface area contributed by atoms with Crippen LogP contribution in [-0.4, -0.2) is 30.3 Å². The zero-order valence-electron chi connectivity index (χ0n) is 12.7. The van der Waals surface area contributed by atoms with Crippen LogP contribution in [-0.2, 0) is 14.3 Å². The van der Waals surface area contributed by atoms with Crippen molar-refractivity contribution in [2.75, 3.05) is 11.4 Å². The fourth-order valence-corrected chi connectivity index (χ4v) is 3.24. The third-order valence-corrected chi connectivity index (χ3v) is 4.61. The van der Waals surface area contributed by atoms with Crippen LogP contribution in [0.5, 0.6) is 0 Å². The Morgan fingerprint density at radius 3 is 2.70 bits per heavy atom. The van der Waals surface area contributed by atoms with E-state index in [1.54, 1.807) is 23.1 Å². The number of anilines is 1. The number of amides is 1. The zero-order chi connectivity index (χ0) is 16.4. The first-order valence-electron chi connectivity index (χ1n) is 7.90. The fraction of sp³-hybridized carbons (Fsp3) is 0.471. The SMILES string of the molecule is O=C(O[C@@H]1CCCCC1=O)c1ccc(Cl)c(N2CCCC2=O)c1. The monoisotopic (exact) mass is 335 g/mol. The Morgan fingerprint density at radius 1 is 1.17 bits per heavy atom. The summed E-state index contributed by atoms with van der Waals surface area (Å²) >= 11 is 6.16. The number of benzene rings is 1. The molecule has 0 unspecified atom stereocenters. The number of hydrogen-bond acceptors (Lipinski definition) is 4. The number of rotatable bonds is 3. The predicted molar refractivity (Wildman–Crippen MR) is 85.7 cm³/mol. The molecule has 5 nitrogen and oxygen atoms in total. The first kappa shape index (κ1) is 16.0. The van der Waals surface area contributed by atoms with Crippen LogP contribution in [0.2, 0.25) is 5.02 Å². The van der Waals surface area contributed by atoms with E-state index in [1.165, 1.54) is 0 Å². The van der Waals surface area contributed by atoms with Crippen LogP contribution in [0.3, 0.4) is 0 Å². The van der Waals surface area contributed by atoms with E-state index in [1.807, 2.05) is 0 Å². The number of carbonyl (C=O) groups is 3. The van der Waals surface area contributed by atoms with Gasteiger partial charge in [-0.25, -0.2) is 4.79 Å². The van der Waals surface area contributed by atoms with E-state index >= 15 is 0 Å². The topological polar surface area (TPSA) is 63.7 Å². The minimum atomic E-state index is -0.649. The van der Waals surface area contributed by atoms with Crippen LogP contribution in [0.4, 0.5) is 5.69 Å². The van der Waals surface area contributed by atoms with Gasteiger partial charge in [-0.3, -0.25) is 9.59 Å². The normalized spacial score (nSPS) is 21.6. The van der Waals surface area contributed by atoms with Crippen molar-refractivity contribution in [3.05, 3.63) is 28.8 Å². The van der Waals surface area contributed by atoms with Crippen LogP contribution >= 0.6 is 11.6 Å². The number of halogens is 1. The molecule has 0 radical (unpaired) electrons. The molecule has 1 saturated heterocycles. The van der Waals surface area contributed by atoms with Gasteiger partial charge in [-0.05, 0) is 43.9 Å². The second-order valence-corrected chi connectivity index (χ2v) is 6.33. The third-order valence-electron chi connectivity index (χ3n) is 4.29. The molecule has 0 spiro atoms. The minimum absolute atomic E-state index is 0.000115. The highest BCUT2D eigenvalue weighted by Gasteiger charge is 2.28. The van der Waals surface area contributed by atoms with E-state index in [0.29, 0.717) is 42.1 Å². The molecule has 6 heteroatoms. The van der Waals surface area contributed by atoms with Gasteiger partial charge in [-0.15, -0.1) is 0 Å². The van der Waals surface area contributed by atoms with Crippen molar-refractivity contribution >= 4 is 34.9 Å². The van der Waals surface area contributed by atoms with Gasteiger partial charge in [-0.1, -0.05) is 11.6 Å². The molecular weight excluding hydrogens is 318 g/mol. The number of nitrogens with zero attached hydrogens (tertiary/aromatic N) is 1. The van der Waals surface area contributed by atoms with Crippen LogP contribution in [0.15, 0.2) is 18.2 Å². The van der Waals surface area contributed by atoms with Crippen molar-refractivity contribution in [1.82, 2.24) is 0 Å². The Kier molecular flexibility index (Phi) is 4.66. The van der Waals surface area contributed by atoms with Gasteiger partial charge >= 0.3 is 5.97 Å². The molecule has 1 amide bonds. The number of hydrogen-bond donors (Lipinski definition) is 0. The summed E-state index contributed by atoms with van der Waals surface area (Å²) in [4.78, 5) is 37.5. The first-order chi connectivity index (χ1) is 11.1. The van der Waals surface area contributed by atoms with Crippen molar-refractivity contribution in [3.8, 4) is 0 Å². The molecule has 1 aromatic rings. The maximum absolute atomic E-state index is 12.3. The summed E-state index contributed by atoms with van der Waals surface area (Å²) in [6.07, 6.45) is 3.40. The lowest BCUT2D eigenvalue weighted by atomic mass is 9.96. The van der Waals surface area contributed by atoms with Crippen molar-refractivity contribution < 1.29 is 19.1 Å². The summed E-state index contributed by atoms with van der Waals surface area (Å²) in [5.41, 5.74) is 0.834. The molecule has 1 atom stereocenters. The quantitative estimate of drug-likeness (QED) is 0.796. The van der Waals surface area contributed by atoms with Gasteiger partial charge in [0, 0.05) is 19.4 Å². The lowest BCUT2D eigenvalue weighted by Gasteiger charge is -2.21. The maximum atomic E-state index is 12.3. The summed E-state index contributed by atoms with van der Waals surface area (Å²) in [6.45, 7) is 0.595. The molecule has 2 aliphatic rings. The predicted octanol–water partition coefficient (Wildman–Crippen LogP) is 3.14. The molecule has 0 N–H and O–H groups in total. The Morgan fingerprint density at radius 2 is 2.00 bits per heavy atom. The molecule has 23 heavy (non-hydrogen) atoms. The Hall–Kier alpha value is -1.88. The van der Waals surface area contributed by atoms with Crippen LogP contribution < -0.4 is 4.90 Å². The van der Waals surface area contributed by atoms with E-state index in [0.717, 1.165) is 19.3 Å². The van der Waals surface area contributed by atoms with Gasteiger partial charge in [0.25, 0.3) is 0 Å². The van der Waals surface area contributed by atoms with E-state index in [-0.39, 0.29) is 11.7 Å². The molecule has 1 saturated carbocycles. The largest absolute Gasteiger partial charge is 0.451 e. The molecular formula is C17H18ClNO4. The highest BCUT2D eigenvalue weighted by molar-refractivity contribution is 6.34. The molecule has 1 aliphatic heterocycles. The zero-order valence-corrected chi connectivity index (χ0v) is 13.5. The molecule has 1 aromatic carbocycles. The smallest absolute Gasteiger partial charge is 0.338 e. The third kappa shape index (κ3) is 3.39. The van der Waals surface area contributed by atoms with Crippen molar-refractivity contribution in [2.24, 2.45) is 0 Å². The van der Waals surface area contributed by atoms with Gasteiger partial charge in [0.05, 0.1) is 16.3 Å². The molecule has 122 valence electrons. The molecule has 0 aromatic heterocycles. The molecule has 1 heterocycles. The van der Waals surface area contributed by atoms with E-state index in [4.69, 9.17) is 16.3 Å². The van der Waals surface area contributed by atoms with E-state index in [9.17, 15) is 14.4 Å².